The standard InChI is InChI=1S/C20H22N2O6S/c1-13(19(24)15-5-9-17(10-6-15)21-14(2)23)28-20(25)16-7-11-18(12-8-16)29(26,27)22(3)4/h5-13H,1-4H3,(H,21,23)/t13-/m0/s1. The van der Waals surface area contributed by atoms with E-state index in [-0.39, 0.29) is 16.4 Å². The first-order chi connectivity index (χ1) is 13.5. The second kappa shape index (κ2) is 8.97. The quantitative estimate of drug-likeness (QED) is 0.546. The Balaban J connectivity index is 2.06. The van der Waals surface area contributed by atoms with Crippen molar-refractivity contribution >= 4 is 33.4 Å². The van der Waals surface area contributed by atoms with Gasteiger partial charge in [-0.2, -0.15) is 0 Å². The number of Topliss-reactive ketones (excluding diaryl/α,β-unsaturated/α-hetero) is 1. The molecule has 0 saturated carbocycles. The predicted molar refractivity (Wildman–Crippen MR) is 107 cm³/mol. The summed E-state index contributed by atoms with van der Waals surface area (Å²) in [4.78, 5) is 35.8. The van der Waals surface area contributed by atoms with Crippen molar-refractivity contribution in [3.63, 3.8) is 0 Å². The van der Waals surface area contributed by atoms with Crippen LogP contribution in [0.5, 0.6) is 0 Å². The molecule has 2 aromatic carbocycles. The number of carbonyl (C=O) groups excluding carboxylic acids is 3. The monoisotopic (exact) mass is 418 g/mol. The Morgan fingerprint density at radius 3 is 1.93 bits per heavy atom. The molecule has 0 bridgehead atoms. The molecule has 1 atom stereocenters. The Morgan fingerprint density at radius 2 is 1.45 bits per heavy atom. The lowest BCUT2D eigenvalue weighted by atomic mass is 10.1. The fourth-order valence-electron chi connectivity index (χ4n) is 2.41. The lowest BCUT2D eigenvalue weighted by molar-refractivity contribution is -0.114. The molecule has 1 amide bonds. The van der Waals surface area contributed by atoms with E-state index in [0.29, 0.717) is 11.3 Å². The molecular weight excluding hydrogens is 396 g/mol. The minimum Gasteiger partial charge on any atom is -0.451 e. The summed E-state index contributed by atoms with van der Waals surface area (Å²) in [6.45, 7) is 2.83. The van der Waals surface area contributed by atoms with E-state index >= 15 is 0 Å². The van der Waals surface area contributed by atoms with Gasteiger partial charge in [0, 0.05) is 32.3 Å². The first-order valence-electron chi connectivity index (χ1n) is 8.68. The van der Waals surface area contributed by atoms with Crippen LogP contribution in [0, 0.1) is 0 Å². The molecule has 0 aliphatic rings. The molecule has 0 spiro atoms. The number of hydrogen-bond acceptors (Lipinski definition) is 6. The maximum atomic E-state index is 12.5. The highest BCUT2D eigenvalue weighted by Gasteiger charge is 2.22. The lowest BCUT2D eigenvalue weighted by Crippen LogP contribution is -2.25. The average Bonchev–Trinajstić information content (AvgIpc) is 2.67. The van der Waals surface area contributed by atoms with E-state index in [1.54, 1.807) is 12.1 Å². The number of benzene rings is 2. The number of rotatable bonds is 7. The second-order valence-electron chi connectivity index (χ2n) is 6.48. The molecule has 2 aromatic rings. The molecule has 0 aliphatic heterocycles. The van der Waals surface area contributed by atoms with Gasteiger partial charge in [0.15, 0.2) is 6.10 Å². The van der Waals surface area contributed by atoms with E-state index in [1.807, 2.05) is 0 Å². The van der Waals surface area contributed by atoms with Gasteiger partial charge in [-0.15, -0.1) is 0 Å². The van der Waals surface area contributed by atoms with Gasteiger partial charge in [-0.3, -0.25) is 9.59 Å². The van der Waals surface area contributed by atoms with Crippen molar-refractivity contribution in [1.82, 2.24) is 4.31 Å². The maximum absolute atomic E-state index is 12.5. The highest BCUT2D eigenvalue weighted by atomic mass is 32.2. The molecule has 0 heterocycles. The van der Waals surface area contributed by atoms with Crippen molar-refractivity contribution in [2.24, 2.45) is 0 Å². The molecule has 9 heteroatoms. The van der Waals surface area contributed by atoms with Crippen LogP contribution < -0.4 is 5.32 Å². The Hall–Kier alpha value is -3.04. The van der Waals surface area contributed by atoms with Crippen molar-refractivity contribution in [3.05, 3.63) is 59.7 Å². The van der Waals surface area contributed by atoms with Crippen molar-refractivity contribution in [2.75, 3.05) is 19.4 Å². The highest BCUT2D eigenvalue weighted by molar-refractivity contribution is 7.89. The van der Waals surface area contributed by atoms with Crippen LogP contribution in [0.15, 0.2) is 53.4 Å². The van der Waals surface area contributed by atoms with E-state index < -0.39 is 27.9 Å². The van der Waals surface area contributed by atoms with E-state index in [9.17, 15) is 22.8 Å². The topological polar surface area (TPSA) is 110 Å². The molecule has 0 fully saturated rings. The van der Waals surface area contributed by atoms with E-state index in [0.717, 1.165) is 4.31 Å². The van der Waals surface area contributed by atoms with Crippen molar-refractivity contribution in [3.8, 4) is 0 Å². The zero-order valence-corrected chi connectivity index (χ0v) is 17.3. The summed E-state index contributed by atoms with van der Waals surface area (Å²) in [5.41, 5.74) is 1.00. The molecular formula is C20H22N2O6S. The molecule has 29 heavy (non-hydrogen) atoms. The van der Waals surface area contributed by atoms with Crippen LogP contribution in [-0.2, 0) is 19.6 Å². The fourth-order valence-corrected chi connectivity index (χ4v) is 3.31. The summed E-state index contributed by atoms with van der Waals surface area (Å²) in [5, 5.41) is 2.59. The molecule has 0 unspecified atom stereocenters. The Kier molecular flexibility index (Phi) is 6.89. The van der Waals surface area contributed by atoms with E-state index in [2.05, 4.69) is 5.32 Å². The highest BCUT2D eigenvalue weighted by Crippen LogP contribution is 2.16. The van der Waals surface area contributed by atoms with Gasteiger partial charge < -0.3 is 10.1 Å². The minimum atomic E-state index is -3.60. The van der Waals surface area contributed by atoms with Crippen molar-refractivity contribution in [2.45, 2.75) is 24.8 Å². The second-order valence-corrected chi connectivity index (χ2v) is 8.63. The Morgan fingerprint density at radius 1 is 0.931 bits per heavy atom. The van der Waals surface area contributed by atoms with Crippen molar-refractivity contribution < 1.29 is 27.5 Å². The summed E-state index contributed by atoms with van der Waals surface area (Å²) in [7, 11) is -0.782. The summed E-state index contributed by atoms with van der Waals surface area (Å²) < 4.78 is 30.4. The number of sulfonamides is 1. The number of amides is 1. The minimum absolute atomic E-state index is 0.0439. The zero-order chi connectivity index (χ0) is 21.8. The third-order valence-corrected chi connectivity index (χ3v) is 5.84. The number of nitrogens with zero attached hydrogens (tertiary/aromatic N) is 1. The number of hydrogen-bond donors (Lipinski definition) is 1. The number of anilines is 1. The number of ether oxygens (including phenoxy) is 1. The number of carbonyl (C=O) groups is 3. The molecule has 8 nitrogen and oxygen atoms in total. The summed E-state index contributed by atoms with van der Waals surface area (Å²) in [5.74, 6) is -1.37. The fraction of sp³-hybridized carbons (Fsp3) is 0.250. The molecule has 0 radical (unpaired) electrons. The number of ketones is 1. The maximum Gasteiger partial charge on any atom is 0.338 e. The van der Waals surface area contributed by atoms with Crippen LogP contribution in [0.2, 0.25) is 0 Å². The largest absolute Gasteiger partial charge is 0.451 e. The number of nitrogens with one attached hydrogen (secondary N) is 1. The third-order valence-electron chi connectivity index (χ3n) is 4.01. The third kappa shape index (κ3) is 5.49. The van der Waals surface area contributed by atoms with E-state index in [4.69, 9.17) is 4.74 Å². The molecule has 0 aliphatic carbocycles. The first-order valence-corrected chi connectivity index (χ1v) is 10.1. The zero-order valence-electron chi connectivity index (χ0n) is 16.5. The normalized spacial score (nSPS) is 12.3. The van der Waals surface area contributed by atoms with Crippen molar-refractivity contribution in [1.29, 1.82) is 0 Å². The Bertz CT molecular complexity index is 1010. The first kappa shape index (κ1) is 22.3. The van der Waals surface area contributed by atoms with Crippen LogP contribution in [0.1, 0.15) is 34.6 Å². The van der Waals surface area contributed by atoms with Gasteiger partial charge in [-0.1, -0.05) is 0 Å². The molecule has 1 N–H and O–H groups in total. The van der Waals surface area contributed by atoms with Gasteiger partial charge >= 0.3 is 5.97 Å². The van der Waals surface area contributed by atoms with Gasteiger partial charge in [-0.05, 0) is 55.5 Å². The van der Waals surface area contributed by atoms with Crippen LogP contribution in [0.3, 0.4) is 0 Å². The smallest absolute Gasteiger partial charge is 0.338 e. The van der Waals surface area contributed by atoms with Gasteiger partial charge in [0.25, 0.3) is 0 Å². The van der Waals surface area contributed by atoms with Crippen LogP contribution in [-0.4, -0.2) is 50.6 Å². The lowest BCUT2D eigenvalue weighted by Gasteiger charge is -2.14. The molecule has 2 rings (SSSR count). The van der Waals surface area contributed by atoms with Gasteiger partial charge in [0.2, 0.25) is 21.7 Å². The molecule has 0 aromatic heterocycles. The van der Waals surface area contributed by atoms with Gasteiger partial charge in [0.1, 0.15) is 0 Å². The Labute approximate surface area is 169 Å². The predicted octanol–water partition coefficient (Wildman–Crippen LogP) is 2.32. The van der Waals surface area contributed by atoms with Crippen LogP contribution >= 0.6 is 0 Å². The van der Waals surface area contributed by atoms with Gasteiger partial charge in [0.05, 0.1) is 10.5 Å². The SMILES string of the molecule is CC(=O)Nc1ccc(C(=O)[C@H](C)OC(=O)c2ccc(S(=O)(=O)N(C)C)cc2)cc1. The van der Waals surface area contributed by atoms with Crippen LogP contribution in [0.25, 0.3) is 0 Å². The summed E-state index contributed by atoms with van der Waals surface area (Å²) in [6, 6.07) is 11.5. The van der Waals surface area contributed by atoms with Crippen LogP contribution in [0.4, 0.5) is 5.69 Å². The summed E-state index contributed by atoms with van der Waals surface area (Å²) in [6.07, 6.45) is -1.04. The molecule has 0 saturated heterocycles. The molecule has 154 valence electrons. The van der Waals surface area contributed by atoms with Gasteiger partial charge in [-0.25, -0.2) is 17.5 Å². The number of esters is 1. The summed E-state index contributed by atoms with van der Waals surface area (Å²) >= 11 is 0. The van der Waals surface area contributed by atoms with E-state index in [1.165, 1.54) is 64.3 Å². The average molecular weight is 418 g/mol.